The maximum absolute atomic E-state index is 12.7. The number of aromatic nitrogens is 3. The quantitative estimate of drug-likeness (QED) is 0.757. The first-order valence-corrected chi connectivity index (χ1v) is 9.74. The lowest BCUT2D eigenvalue weighted by Gasteiger charge is -2.10. The van der Waals surface area contributed by atoms with E-state index in [2.05, 4.69) is 14.8 Å². The molecule has 0 atom stereocenters. The van der Waals surface area contributed by atoms with E-state index in [9.17, 15) is 8.42 Å². The second-order valence-electron chi connectivity index (χ2n) is 5.44. The molecule has 24 heavy (non-hydrogen) atoms. The number of aryl methyl sites for hydroxylation is 2. The van der Waals surface area contributed by atoms with Gasteiger partial charge in [-0.05, 0) is 36.9 Å². The minimum Gasteiger partial charge on any atom is -0.271 e. The first-order valence-electron chi connectivity index (χ1n) is 7.38. The Kier molecular flexibility index (Phi) is 4.53. The third-order valence-electron chi connectivity index (χ3n) is 3.81. The fraction of sp³-hybridized carbons (Fsp3) is 0.250. The Morgan fingerprint density at radius 1 is 1.25 bits per heavy atom. The van der Waals surface area contributed by atoms with Crippen molar-refractivity contribution in [2.75, 3.05) is 0 Å². The topological polar surface area (TPSA) is 76.9 Å². The first-order chi connectivity index (χ1) is 11.4. The van der Waals surface area contributed by atoms with E-state index in [-0.39, 0.29) is 11.4 Å². The SMILES string of the molecule is Cc1nn(C)c(C)c1S(=O)(=O)NCc1cccnc1-c1cccs1. The molecule has 0 bridgehead atoms. The van der Waals surface area contributed by atoms with Gasteiger partial charge in [0.25, 0.3) is 0 Å². The summed E-state index contributed by atoms with van der Waals surface area (Å²) < 4.78 is 29.6. The largest absolute Gasteiger partial charge is 0.271 e. The van der Waals surface area contributed by atoms with Gasteiger partial charge in [-0.1, -0.05) is 12.1 Å². The smallest absolute Gasteiger partial charge is 0.244 e. The predicted octanol–water partition coefficient (Wildman–Crippen LogP) is 2.64. The number of pyridine rings is 1. The zero-order valence-electron chi connectivity index (χ0n) is 13.6. The average Bonchev–Trinajstić information content (AvgIpc) is 3.15. The minimum absolute atomic E-state index is 0.178. The monoisotopic (exact) mass is 362 g/mol. The molecule has 8 heteroatoms. The second kappa shape index (κ2) is 6.46. The molecule has 0 aliphatic carbocycles. The van der Waals surface area contributed by atoms with E-state index in [0.29, 0.717) is 11.4 Å². The van der Waals surface area contributed by atoms with Crippen molar-refractivity contribution < 1.29 is 8.42 Å². The molecular weight excluding hydrogens is 344 g/mol. The van der Waals surface area contributed by atoms with E-state index >= 15 is 0 Å². The van der Waals surface area contributed by atoms with Gasteiger partial charge in [-0.15, -0.1) is 11.3 Å². The van der Waals surface area contributed by atoms with Gasteiger partial charge in [0.15, 0.2) is 0 Å². The average molecular weight is 362 g/mol. The van der Waals surface area contributed by atoms with Crippen LogP contribution in [0.4, 0.5) is 0 Å². The Labute approximate surface area is 145 Å². The minimum atomic E-state index is -3.64. The van der Waals surface area contributed by atoms with Crippen molar-refractivity contribution in [1.29, 1.82) is 0 Å². The Bertz CT molecular complexity index is 960. The van der Waals surface area contributed by atoms with Crippen LogP contribution < -0.4 is 4.72 Å². The lowest BCUT2D eigenvalue weighted by Crippen LogP contribution is -2.24. The number of hydrogen-bond donors (Lipinski definition) is 1. The van der Waals surface area contributed by atoms with Crippen LogP contribution in [0, 0.1) is 13.8 Å². The predicted molar refractivity (Wildman–Crippen MR) is 94.3 cm³/mol. The summed E-state index contributed by atoms with van der Waals surface area (Å²) in [4.78, 5) is 5.65. The summed E-state index contributed by atoms with van der Waals surface area (Å²) in [5.74, 6) is 0. The highest BCUT2D eigenvalue weighted by molar-refractivity contribution is 7.89. The third-order valence-corrected chi connectivity index (χ3v) is 6.34. The fourth-order valence-electron chi connectivity index (χ4n) is 2.60. The molecular formula is C16H18N4O2S2. The van der Waals surface area contributed by atoms with Crippen molar-refractivity contribution >= 4 is 21.4 Å². The molecule has 0 saturated carbocycles. The molecule has 0 radical (unpaired) electrons. The van der Waals surface area contributed by atoms with E-state index < -0.39 is 10.0 Å². The number of hydrogen-bond acceptors (Lipinski definition) is 5. The Morgan fingerprint density at radius 3 is 2.67 bits per heavy atom. The van der Waals surface area contributed by atoms with Gasteiger partial charge in [-0.3, -0.25) is 9.67 Å². The Morgan fingerprint density at radius 2 is 2.04 bits per heavy atom. The van der Waals surface area contributed by atoms with Crippen molar-refractivity contribution in [3.8, 4) is 10.6 Å². The van der Waals surface area contributed by atoms with E-state index in [1.165, 1.54) is 0 Å². The number of rotatable bonds is 5. The summed E-state index contributed by atoms with van der Waals surface area (Å²) in [6.45, 7) is 3.62. The second-order valence-corrected chi connectivity index (χ2v) is 8.09. The molecule has 126 valence electrons. The number of thiophene rings is 1. The van der Waals surface area contributed by atoms with Gasteiger partial charge in [0.2, 0.25) is 10.0 Å². The zero-order valence-corrected chi connectivity index (χ0v) is 15.3. The van der Waals surface area contributed by atoms with Crippen LogP contribution >= 0.6 is 11.3 Å². The van der Waals surface area contributed by atoms with Crippen LogP contribution in [0.15, 0.2) is 40.7 Å². The fourth-order valence-corrected chi connectivity index (χ4v) is 4.80. The number of nitrogens with zero attached hydrogens (tertiary/aromatic N) is 3. The molecule has 0 fully saturated rings. The molecule has 1 N–H and O–H groups in total. The molecule has 0 amide bonds. The molecule has 0 unspecified atom stereocenters. The maximum Gasteiger partial charge on any atom is 0.244 e. The van der Waals surface area contributed by atoms with Crippen LogP contribution in [-0.4, -0.2) is 23.2 Å². The highest BCUT2D eigenvalue weighted by atomic mass is 32.2. The molecule has 0 aliphatic heterocycles. The zero-order chi connectivity index (χ0) is 17.3. The number of nitrogens with one attached hydrogen (secondary N) is 1. The Balaban J connectivity index is 1.89. The lowest BCUT2D eigenvalue weighted by molar-refractivity contribution is 0.579. The van der Waals surface area contributed by atoms with Crippen molar-refractivity contribution in [3.63, 3.8) is 0 Å². The highest BCUT2D eigenvalue weighted by Crippen LogP contribution is 2.26. The number of sulfonamides is 1. The van der Waals surface area contributed by atoms with E-state index in [4.69, 9.17) is 0 Å². The molecule has 0 aromatic carbocycles. The van der Waals surface area contributed by atoms with Crippen LogP contribution in [0.1, 0.15) is 17.0 Å². The molecule has 3 rings (SSSR count). The molecule has 0 spiro atoms. The van der Waals surface area contributed by atoms with Crippen LogP contribution in [0.25, 0.3) is 10.6 Å². The van der Waals surface area contributed by atoms with Crippen molar-refractivity contribution in [2.45, 2.75) is 25.3 Å². The standard InChI is InChI=1S/C16H18N4O2S2/c1-11-16(12(2)20(3)19-11)24(21,22)18-10-13-6-4-8-17-15(13)14-7-5-9-23-14/h4-9,18H,10H2,1-3H3. The molecule has 6 nitrogen and oxygen atoms in total. The molecule has 0 saturated heterocycles. The lowest BCUT2D eigenvalue weighted by atomic mass is 10.2. The summed E-state index contributed by atoms with van der Waals surface area (Å²) in [6.07, 6.45) is 1.71. The molecule has 3 aromatic heterocycles. The maximum atomic E-state index is 12.7. The summed E-state index contributed by atoms with van der Waals surface area (Å²) in [7, 11) is -1.91. The van der Waals surface area contributed by atoms with E-state index in [1.54, 1.807) is 49.2 Å². The Hall–Kier alpha value is -2.03. The summed E-state index contributed by atoms with van der Waals surface area (Å²) >= 11 is 1.58. The van der Waals surface area contributed by atoms with Crippen molar-refractivity contribution in [3.05, 3.63) is 52.8 Å². The van der Waals surface area contributed by atoms with E-state index in [1.807, 2.05) is 23.6 Å². The molecule has 0 aliphatic rings. The van der Waals surface area contributed by atoms with Crippen LogP contribution in [0.3, 0.4) is 0 Å². The highest BCUT2D eigenvalue weighted by Gasteiger charge is 2.23. The van der Waals surface area contributed by atoms with Gasteiger partial charge in [0.05, 0.1) is 22.0 Å². The normalized spacial score (nSPS) is 11.8. The van der Waals surface area contributed by atoms with Gasteiger partial charge < -0.3 is 0 Å². The van der Waals surface area contributed by atoms with Gasteiger partial charge in [-0.25, -0.2) is 13.1 Å². The molecule has 3 heterocycles. The summed E-state index contributed by atoms with van der Waals surface area (Å²) in [6, 6.07) is 7.61. The van der Waals surface area contributed by atoms with Crippen molar-refractivity contribution in [2.24, 2.45) is 7.05 Å². The molecule has 3 aromatic rings. The summed E-state index contributed by atoms with van der Waals surface area (Å²) in [5, 5.41) is 6.15. The third kappa shape index (κ3) is 3.12. The van der Waals surface area contributed by atoms with Crippen LogP contribution in [0.5, 0.6) is 0 Å². The van der Waals surface area contributed by atoms with Crippen LogP contribution in [0.2, 0.25) is 0 Å². The van der Waals surface area contributed by atoms with Crippen LogP contribution in [-0.2, 0) is 23.6 Å². The van der Waals surface area contributed by atoms with Crippen molar-refractivity contribution in [1.82, 2.24) is 19.5 Å². The van der Waals surface area contributed by atoms with Gasteiger partial charge in [-0.2, -0.15) is 5.10 Å². The summed E-state index contributed by atoms with van der Waals surface area (Å²) in [5.41, 5.74) is 2.74. The van der Waals surface area contributed by atoms with E-state index in [0.717, 1.165) is 16.1 Å². The van der Waals surface area contributed by atoms with Gasteiger partial charge >= 0.3 is 0 Å². The first kappa shape index (κ1) is 16.8. The van der Waals surface area contributed by atoms with Gasteiger partial charge in [0.1, 0.15) is 4.90 Å². The van der Waals surface area contributed by atoms with Gasteiger partial charge in [0, 0.05) is 19.8 Å².